The highest BCUT2D eigenvalue weighted by molar-refractivity contribution is 5.79. The molecule has 78 valence electrons. The number of amides is 1. The van der Waals surface area contributed by atoms with Crippen LogP contribution < -0.4 is 5.32 Å². The summed E-state index contributed by atoms with van der Waals surface area (Å²) in [6.07, 6.45) is 3.72. The fourth-order valence-corrected chi connectivity index (χ4v) is 2.07. The topological polar surface area (TPSA) is 52.9 Å². The first-order chi connectivity index (χ1) is 6.65. The molecule has 1 aliphatic carbocycles. The minimum Gasteiger partial charge on any atom is -0.352 e. The lowest BCUT2D eigenvalue weighted by Gasteiger charge is -2.17. The zero-order valence-electron chi connectivity index (χ0n) is 8.92. The fourth-order valence-electron chi connectivity index (χ4n) is 2.07. The van der Waals surface area contributed by atoms with Gasteiger partial charge in [0.1, 0.15) is 0 Å². The second-order valence-electron chi connectivity index (χ2n) is 4.29. The van der Waals surface area contributed by atoms with Crippen LogP contribution in [-0.4, -0.2) is 11.9 Å². The van der Waals surface area contributed by atoms with Crippen LogP contribution in [-0.2, 0) is 4.79 Å². The molecule has 14 heavy (non-hydrogen) atoms. The van der Waals surface area contributed by atoms with Crippen molar-refractivity contribution < 1.29 is 4.79 Å². The Kier molecular flexibility index (Phi) is 3.94. The van der Waals surface area contributed by atoms with Crippen molar-refractivity contribution in [3.8, 4) is 6.07 Å². The highest BCUT2D eigenvalue weighted by atomic mass is 16.1. The summed E-state index contributed by atoms with van der Waals surface area (Å²) < 4.78 is 0. The molecule has 0 aromatic heterocycles. The van der Waals surface area contributed by atoms with Crippen molar-refractivity contribution in [1.82, 2.24) is 5.32 Å². The normalized spacial score (nSPS) is 28.1. The maximum atomic E-state index is 11.7. The minimum atomic E-state index is -0.0136. The van der Waals surface area contributed by atoms with Crippen molar-refractivity contribution in [2.75, 3.05) is 0 Å². The third-order valence-corrected chi connectivity index (χ3v) is 2.98. The van der Waals surface area contributed by atoms with Crippen LogP contribution in [0.1, 0.15) is 39.5 Å². The van der Waals surface area contributed by atoms with Gasteiger partial charge >= 0.3 is 0 Å². The van der Waals surface area contributed by atoms with E-state index in [9.17, 15) is 4.79 Å². The average Bonchev–Trinajstić information content (AvgIpc) is 2.51. The van der Waals surface area contributed by atoms with Gasteiger partial charge < -0.3 is 5.32 Å². The van der Waals surface area contributed by atoms with Crippen LogP contribution in [0.25, 0.3) is 0 Å². The van der Waals surface area contributed by atoms with E-state index in [1.807, 2.05) is 6.92 Å². The van der Waals surface area contributed by atoms with E-state index in [0.717, 1.165) is 19.3 Å². The van der Waals surface area contributed by atoms with Crippen LogP contribution >= 0.6 is 0 Å². The Morgan fingerprint density at radius 3 is 2.86 bits per heavy atom. The number of carbonyl (C=O) groups excluding carboxylic acids is 1. The third kappa shape index (κ3) is 2.73. The highest BCUT2D eigenvalue weighted by Gasteiger charge is 2.29. The molecule has 0 heterocycles. The molecular formula is C11H18N2O. The summed E-state index contributed by atoms with van der Waals surface area (Å²) in [5.74, 6) is 0.818. The first-order valence-electron chi connectivity index (χ1n) is 5.32. The zero-order valence-corrected chi connectivity index (χ0v) is 8.92. The smallest absolute Gasteiger partial charge is 0.223 e. The van der Waals surface area contributed by atoms with Crippen LogP contribution in [0.3, 0.4) is 0 Å². The van der Waals surface area contributed by atoms with Gasteiger partial charge in [-0.15, -0.1) is 0 Å². The predicted octanol–water partition coefficient (Wildman–Crippen LogP) is 1.84. The highest BCUT2D eigenvalue weighted by Crippen LogP contribution is 2.31. The lowest BCUT2D eigenvalue weighted by Crippen LogP contribution is -2.37. The Hall–Kier alpha value is -1.04. The summed E-state index contributed by atoms with van der Waals surface area (Å²) in [6, 6.07) is 2.05. The maximum absolute atomic E-state index is 11.7. The number of carbonyl (C=O) groups is 1. The second-order valence-corrected chi connectivity index (χ2v) is 4.29. The van der Waals surface area contributed by atoms with E-state index in [1.54, 1.807) is 0 Å². The van der Waals surface area contributed by atoms with Gasteiger partial charge in [-0.05, 0) is 25.7 Å². The summed E-state index contributed by atoms with van der Waals surface area (Å²) in [5, 5.41) is 11.4. The summed E-state index contributed by atoms with van der Waals surface area (Å²) in [7, 11) is 0. The molecule has 0 spiro atoms. The molecule has 0 aromatic carbocycles. The lowest BCUT2D eigenvalue weighted by atomic mass is 9.97. The van der Waals surface area contributed by atoms with E-state index in [4.69, 9.17) is 5.26 Å². The number of nitriles is 1. The van der Waals surface area contributed by atoms with Gasteiger partial charge in [0, 0.05) is 12.0 Å². The maximum Gasteiger partial charge on any atom is 0.223 e. The van der Waals surface area contributed by atoms with Gasteiger partial charge in [-0.25, -0.2) is 0 Å². The van der Waals surface area contributed by atoms with Gasteiger partial charge in [-0.2, -0.15) is 5.26 Å². The Labute approximate surface area is 85.5 Å². The molecule has 1 amide bonds. The molecule has 0 saturated heterocycles. The molecule has 3 heteroatoms. The monoisotopic (exact) mass is 194 g/mol. The molecule has 0 aliphatic heterocycles. The molecule has 1 aliphatic rings. The van der Waals surface area contributed by atoms with Crippen molar-refractivity contribution >= 4 is 5.91 Å². The number of nitrogens with one attached hydrogen (secondary N) is 1. The van der Waals surface area contributed by atoms with Crippen LogP contribution in [0.2, 0.25) is 0 Å². The van der Waals surface area contributed by atoms with E-state index in [1.165, 1.54) is 0 Å². The molecule has 0 bridgehead atoms. The fraction of sp³-hybridized carbons (Fsp3) is 0.818. The average molecular weight is 194 g/mol. The number of nitrogens with zero attached hydrogens (tertiary/aromatic N) is 1. The summed E-state index contributed by atoms with van der Waals surface area (Å²) in [5.41, 5.74) is 0. The first-order valence-corrected chi connectivity index (χ1v) is 5.32. The van der Waals surface area contributed by atoms with E-state index in [-0.39, 0.29) is 17.9 Å². The summed E-state index contributed by atoms with van der Waals surface area (Å²) in [4.78, 5) is 11.7. The number of hydrogen-bond acceptors (Lipinski definition) is 2. The third-order valence-electron chi connectivity index (χ3n) is 2.98. The molecule has 0 aromatic rings. The number of hydrogen-bond donors (Lipinski definition) is 1. The molecule has 1 fully saturated rings. The molecule has 0 radical (unpaired) electrons. The molecule has 1 rings (SSSR count). The van der Waals surface area contributed by atoms with Gasteiger partial charge in [0.25, 0.3) is 0 Å². The van der Waals surface area contributed by atoms with Crippen molar-refractivity contribution in [3.63, 3.8) is 0 Å². The molecule has 1 saturated carbocycles. The van der Waals surface area contributed by atoms with Crippen LogP contribution in [0.15, 0.2) is 0 Å². The Bertz CT molecular complexity index is 244. The molecule has 3 nitrogen and oxygen atoms in total. The number of rotatable bonds is 3. The van der Waals surface area contributed by atoms with Crippen LogP contribution in [0, 0.1) is 23.2 Å². The van der Waals surface area contributed by atoms with Crippen LogP contribution in [0.5, 0.6) is 0 Å². The Morgan fingerprint density at radius 2 is 2.36 bits per heavy atom. The summed E-state index contributed by atoms with van der Waals surface area (Å²) in [6.45, 7) is 4.01. The van der Waals surface area contributed by atoms with Crippen molar-refractivity contribution in [2.45, 2.75) is 45.6 Å². The molecule has 3 atom stereocenters. The van der Waals surface area contributed by atoms with Gasteiger partial charge in [0.15, 0.2) is 0 Å². The van der Waals surface area contributed by atoms with E-state index in [2.05, 4.69) is 18.3 Å². The van der Waals surface area contributed by atoms with Gasteiger partial charge in [-0.1, -0.05) is 13.3 Å². The lowest BCUT2D eigenvalue weighted by molar-refractivity contribution is -0.126. The van der Waals surface area contributed by atoms with Gasteiger partial charge in [0.2, 0.25) is 5.91 Å². The first kappa shape index (κ1) is 11.0. The SMILES string of the molecule is CC(CC#N)NC(=O)C1CCCC1C. The van der Waals surface area contributed by atoms with Crippen LogP contribution in [0.4, 0.5) is 0 Å². The van der Waals surface area contributed by atoms with Crippen molar-refractivity contribution in [1.29, 1.82) is 5.26 Å². The summed E-state index contributed by atoms with van der Waals surface area (Å²) >= 11 is 0. The molecular weight excluding hydrogens is 176 g/mol. The van der Waals surface area contributed by atoms with Crippen molar-refractivity contribution in [3.05, 3.63) is 0 Å². The quantitative estimate of drug-likeness (QED) is 0.745. The minimum absolute atomic E-state index is 0.0136. The van der Waals surface area contributed by atoms with E-state index < -0.39 is 0 Å². The Morgan fingerprint density at radius 1 is 1.64 bits per heavy atom. The Balaban J connectivity index is 2.38. The van der Waals surface area contributed by atoms with Crippen molar-refractivity contribution in [2.24, 2.45) is 11.8 Å². The van der Waals surface area contributed by atoms with Gasteiger partial charge in [0.05, 0.1) is 12.5 Å². The van der Waals surface area contributed by atoms with Gasteiger partial charge in [-0.3, -0.25) is 4.79 Å². The standard InChI is InChI=1S/C11H18N2O/c1-8-4-3-5-10(8)11(14)13-9(2)6-7-12/h8-10H,3-6H2,1-2H3,(H,13,14). The molecule has 1 N–H and O–H groups in total. The predicted molar refractivity (Wildman–Crippen MR) is 54.3 cm³/mol. The zero-order chi connectivity index (χ0) is 10.6. The van der Waals surface area contributed by atoms with E-state index >= 15 is 0 Å². The molecule has 3 unspecified atom stereocenters. The largest absolute Gasteiger partial charge is 0.352 e. The second kappa shape index (κ2) is 4.99. The van der Waals surface area contributed by atoms with E-state index in [0.29, 0.717) is 12.3 Å².